The van der Waals surface area contributed by atoms with Crippen molar-refractivity contribution in [3.63, 3.8) is 0 Å². The molecule has 6 heteroatoms. The zero-order valence-corrected chi connectivity index (χ0v) is 9.85. The number of hydrogen-bond acceptors (Lipinski definition) is 4. The maximum atomic E-state index is 11.1. The summed E-state index contributed by atoms with van der Waals surface area (Å²) in [7, 11) is 0. The molecule has 15 heavy (non-hydrogen) atoms. The molecule has 4 N–H and O–H groups in total. The smallest absolute Gasteiger partial charge is 0.227 e. The van der Waals surface area contributed by atoms with Crippen LogP contribution in [0.2, 0.25) is 0 Å². The summed E-state index contributed by atoms with van der Waals surface area (Å²) in [6, 6.07) is 0. The van der Waals surface area contributed by atoms with Gasteiger partial charge in [-0.25, -0.2) is 0 Å². The Morgan fingerprint density at radius 3 is 2.80 bits per heavy atom. The first-order valence-electron chi connectivity index (χ1n) is 4.92. The molecule has 0 aliphatic carbocycles. The molecule has 0 aliphatic rings. The fourth-order valence-corrected chi connectivity index (χ4v) is 1.53. The van der Waals surface area contributed by atoms with Gasteiger partial charge in [0.05, 0.1) is 6.42 Å². The molecule has 0 saturated carbocycles. The van der Waals surface area contributed by atoms with Gasteiger partial charge in [-0.3, -0.25) is 4.79 Å². The molecule has 0 fully saturated rings. The Labute approximate surface area is 94.5 Å². The molecule has 1 amide bonds. The van der Waals surface area contributed by atoms with E-state index in [9.17, 15) is 4.79 Å². The number of oxime groups is 1. The minimum Gasteiger partial charge on any atom is -0.409 e. The largest absolute Gasteiger partial charge is 0.409 e. The van der Waals surface area contributed by atoms with Crippen molar-refractivity contribution in [1.82, 2.24) is 5.32 Å². The summed E-state index contributed by atoms with van der Waals surface area (Å²) in [5.41, 5.74) is 5.18. The van der Waals surface area contributed by atoms with Crippen LogP contribution in [-0.2, 0) is 4.79 Å². The van der Waals surface area contributed by atoms with Gasteiger partial charge < -0.3 is 16.3 Å². The number of nitrogens with zero attached hydrogens (tertiary/aromatic N) is 1. The zero-order valence-electron chi connectivity index (χ0n) is 9.03. The predicted molar refractivity (Wildman–Crippen MR) is 63.3 cm³/mol. The summed E-state index contributed by atoms with van der Waals surface area (Å²) in [5, 5.41) is 13.7. The van der Waals surface area contributed by atoms with E-state index in [2.05, 4.69) is 16.7 Å². The highest BCUT2D eigenvalue weighted by Gasteiger charge is 2.03. The Hall–Kier alpha value is -0.910. The van der Waals surface area contributed by atoms with Crippen molar-refractivity contribution in [3.8, 4) is 0 Å². The van der Waals surface area contributed by atoms with Crippen molar-refractivity contribution >= 4 is 23.5 Å². The van der Waals surface area contributed by atoms with E-state index in [4.69, 9.17) is 10.9 Å². The first-order valence-corrected chi connectivity index (χ1v) is 6.32. The number of hydrogen-bond donors (Lipinski definition) is 3. The molecule has 0 rings (SSSR count). The van der Waals surface area contributed by atoms with Crippen molar-refractivity contribution in [2.45, 2.75) is 25.7 Å². The SMILES string of the molecule is CSCCCCCNC(=O)CC(N)=NO. The molecule has 0 unspecified atom stereocenters. The van der Waals surface area contributed by atoms with Gasteiger partial charge in [-0.2, -0.15) is 11.8 Å². The van der Waals surface area contributed by atoms with Gasteiger partial charge in [0.1, 0.15) is 5.84 Å². The van der Waals surface area contributed by atoms with Crippen LogP contribution in [0.15, 0.2) is 5.16 Å². The number of thioether (sulfide) groups is 1. The Morgan fingerprint density at radius 1 is 1.47 bits per heavy atom. The lowest BCUT2D eigenvalue weighted by molar-refractivity contribution is -0.119. The molecule has 5 nitrogen and oxygen atoms in total. The average Bonchev–Trinajstić information content (AvgIpc) is 2.23. The summed E-state index contributed by atoms with van der Waals surface area (Å²) in [5.74, 6) is 0.906. The molecule has 0 spiro atoms. The van der Waals surface area contributed by atoms with E-state index < -0.39 is 0 Å². The monoisotopic (exact) mass is 233 g/mol. The van der Waals surface area contributed by atoms with Crippen molar-refractivity contribution in [3.05, 3.63) is 0 Å². The minimum atomic E-state index is -0.199. The number of carbonyl (C=O) groups excluding carboxylic acids is 1. The minimum absolute atomic E-state index is 0.0404. The van der Waals surface area contributed by atoms with Crippen molar-refractivity contribution < 1.29 is 10.0 Å². The van der Waals surface area contributed by atoms with Crippen LogP contribution in [0.25, 0.3) is 0 Å². The fraction of sp³-hybridized carbons (Fsp3) is 0.778. The third kappa shape index (κ3) is 9.40. The van der Waals surface area contributed by atoms with E-state index in [1.54, 1.807) is 0 Å². The predicted octanol–water partition coefficient (Wildman–Crippen LogP) is 0.772. The number of nitrogens with two attached hydrogens (primary N) is 1. The fourth-order valence-electron chi connectivity index (χ4n) is 1.04. The molecule has 0 aromatic heterocycles. The number of carbonyl (C=O) groups is 1. The Balaban J connectivity index is 3.32. The lowest BCUT2D eigenvalue weighted by atomic mass is 10.2. The van der Waals surface area contributed by atoms with Crippen LogP contribution in [0.1, 0.15) is 25.7 Å². The summed E-state index contributed by atoms with van der Waals surface area (Å²) in [6.45, 7) is 0.659. The third-order valence-electron chi connectivity index (χ3n) is 1.82. The zero-order chi connectivity index (χ0) is 11.5. The maximum Gasteiger partial charge on any atom is 0.227 e. The van der Waals surface area contributed by atoms with Crippen LogP contribution >= 0.6 is 11.8 Å². The quantitative estimate of drug-likeness (QED) is 0.190. The second-order valence-electron chi connectivity index (χ2n) is 3.17. The van der Waals surface area contributed by atoms with Crippen molar-refractivity contribution in [2.24, 2.45) is 10.9 Å². The first-order chi connectivity index (χ1) is 7.20. The second-order valence-corrected chi connectivity index (χ2v) is 4.16. The number of rotatable bonds is 8. The van der Waals surface area contributed by atoms with E-state index in [1.807, 2.05) is 11.8 Å². The number of unbranched alkanes of at least 4 members (excludes halogenated alkanes) is 2. The lowest BCUT2D eigenvalue weighted by Gasteiger charge is -2.03. The van der Waals surface area contributed by atoms with Crippen molar-refractivity contribution in [1.29, 1.82) is 0 Å². The van der Waals surface area contributed by atoms with Crippen molar-refractivity contribution in [2.75, 3.05) is 18.6 Å². The van der Waals surface area contributed by atoms with E-state index in [0.717, 1.165) is 18.6 Å². The van der Waals surface area contributed by atoms with Crippen LogP contribution < -0.4 is 11.1 Å². The summed E-state index contributed by atoms with van der Waals surface area (Å²) in [6.07, 6.45) is 5.31. The summed E-state index contributed by atoms with van der Waals surface area (Å²) in [4.78, 5) is 11.1. The summed E-state index contributed by atoms with van der Waals surface area (Å²) >= 11 is 1.83. The molecule has 0 aliphatic heterocycles. The molecule has 0 aromatic rings. The summed E-state index contributed by atoms with van der Waals surface area (Å²) < 4.78 is 0. The maximum absolute atomic E-state index is 11.1. The highest BCUT2D eigenvalue weighted by atomic mass is 32.2. The highest BCUT2D eigenvalue weighted by Crippen LogP contribution is 2.01. The van der Waals surface area contributed by atoms with Gasteiger partial charge in [-0.15, -0.1) is 0 Å². The van der Waals surface area contributed by atoms with Gasteiger partial charge in [-0.1, -0.05) is 11.6 Å². The van der Waals surface area contributed by atoms with Gasteiger partial charge in [0.2, 0.25) is 5.91 Å². The molecule has 0 bridgehead atoms. The molecule has 0 radical (unpaired) electrons. The lowest BCUT2D eigenvalue weighted by Crippen LogP contribution is -2.29. The molecule has 0 heterocycles. The van der Waals surface area contributed by atoms with E-state index in [-0.39, 0.29) is 18.2 Å². The standard InChI is InChI=1S/C9H19N3O2S/c1-15-6-4-2-3-5-11-9(13)7-8(10)12-14/h14H,2-7H2,1H3,(H2,10,12)(H,11,13). The van der Waals surface area contributed by atoms with E-state index in [1.165, 1.54) is 6.42 Å². The molecular formula is C9H19N3O2S. The van der Waals surface area contributed by atoms with Gasteiger partial charge in [-0.05, 0) is 24.9 Å². The second kappa shape index (κ2) is 9.64. The Bertz CT molecular complexity index is 210. The highest BCUT2D eigenvalue weighted by molar-refractivity contribution is 7.98. The third-order valence-corrected chi connectivity index (χ3v) is 2.51. The van der Waals surface area contributed by atoms with Crippen LogP contribution in [0.5, 0.6) is 0 Å². The van der Waals surface area contributed by atoms with Gasteiger partial charge in [0.25, 0.3) is 0 Å². The topological polar surface area (TPSA) is 87.7 Å². The molecule has 0 saturated heterocycles. The van der Waals surface area contributed by atoms with Gasteiger partial charge >= 0.3 is 0 Å². The molecule has 88 valence electrons. The van der Waals surface area contributed by atoms with E-state index >= 15 is 0 Å². The van der Waals surface area contributed by atoms with Gasteiger partial charge in [0.15, 0.2) is 0 Å². The number of nitrogens with one attached hydrogen (secondary N) is 1. The molecule has 0 atom stereocenters. The number of amides is 1. The van der Waals surface area contributed by atoms with Crippen LogP contribution in [0, 0.1) is 0 Å². The number of amidine groups is 1. The normalized spacial score (nSPS) is 11.4. The van der Waals surface area contributed by atoms with E-state index in [0.29, 0.717) is 6.54 Å². The van der Waals surface area contributed by atoms with Crippen LogP contribution in [-0.4, -0.2) is 35.5 Å². The first kappa shape index (κ1) is 14.1. The van der Waals surface area contributed by atoms with Crippen LogP contribution in [0.3, 0.4) is 0 Å². The molecule has 0 aromatic carbocycles. The molecular weight excluding hydrogens is 214 g/mol. The Kier molecular flexibility index (Phi) is 9.05. The van der Waals surface area contributed by atoms with Crippen LogP contribution in [0.4, 0.5) is 0 Å². The average molecular weight is 233 g/mol. The Morgan fingerprint density at radius 2 is 2.20 bits per heavy atom. The van der Waals surface area contributed by atoms with Gasteiger partial charge in [0, 0.05) is 6.54 Å².